The number of carbonyl (C=O) groups excluding carboxylic acids is 1. The fraction of sp³-hybridized carbons (Fsp3) is 0.167. The smallest absolute Gasteiger partial charge is 0.253 e. The number of sulfonamides is 1. The molecule has 8 heteroatoms. The molecule has 1 unspecified atom stereocenters. The third-order valence-corrected chi connectivity index (χ3v) is 5.29. The van der Waals surface area contributed by atoms with Crippen LogP contribution in [-0.4, -0.2) is 19.3 Å². The summed E-state index contributed by atoms with van der Waals surface area (Å²) in [6.45, 7) is 1.77. The van der Waals surface area contributed by atoms with E-state index in [1.165, 1.54) is 12.3 Å². The lowest BCUT2D eigenvalue weighted by atomic mass is 10.2. The van der Waals surface area contributed by atoms with Crippen LogP contribution in [0.2, 0.25) is 0 Å². The number of amides is 1. The van der Waals surface area contributed by atoms with Crippen LogP contribution in [-0.2, 0) is 10.0 Å². The number of hydrogen-bond donors (Lipinski definition) is 2. The maximum Gasteiger partial charge on any atom is 0.253 e. The molecule has 2 rings (SSSR count). The van der Waals surface area contributed by atoms with Crippen LogP contribution < -0.4 is 10.5 Å². The number of nitrogens with one attached hydrogen (secondary N) is 1. The molecule has 2 aromatic rings. The van der Waals surface area contributed by atoms with Gasteiger partial charge in [-0.3, -0.25) is 9.78 Å². The average molecular weight is 311 g/mol. The first-order valence-electron chi connectivity index (χ1n) is 5.71. The van der Waals surface area contributed by atoms with Crippen LogP contribution >= 0.6 is 11.3 Å². The number of carbonyl (C=O) groups is 1. The van der Waals surface area contributed by atoms with E-state index in [0.29, 0.717) is 10.4 Å². The first-order valence-corrected chi connectivity index (χ1v) is 8.07. The number of pyridine rings is 1. The summed E-state index contributed by atoms with van der Waals surface area (Å²) in [6, 6.07) is 6.08. The Bertz CT molecular complexity index is 711. The third kappa shape index (κ3) is 3.41. The van der Waals surface area contributed by atoms with Gasteiger partial charge in [0, 0.05) is 17.3 Å². The molecule has 0 aliphatic heterocycles. The Morgan fingerprint density at radius 3 is 2.70 bits per heavy atom. The molecule has 20 heavy (non-hydrogen) atoms. The van der Waals surface area contributed by atoms with Gasteiger partial charge < -0.3 is 5.32 Å². The molecule has 0 aromatic carbocycles. The van der Waals surface area contributed by atoms with E-state index in [-0.39, 0.29) is 16.2 Å². The van der Waals surface area contributed by atoms with Crippen molar-refractivity contribution in [3.8, 4) is 0 Å². The number of nitrogens with two attached hydrogens (primary N) is 1. The Balaban J connectivity index is 2.11. The quantitative estimate of drug-likeness (QED) is 0.888. The lowest BCUT2D eigenvalue weighted by molar-refractivity contribution is 0.0940. The maximum absolute atomic E-state index is 11.9. The summed E-state index contributed by atoms with van der Waals surface area (Å²) in [4.78, 5) is 16.5. The molecule has 6 nitrogen and oxygen atoms in total. The van der Waals surface area contributed by atoms with Crippen LogP contribution in [0.1, 0.15) is 28.2 Å². The summed E-state index contributed by atoms with van der Waals surface area (Å²) in [5.41, 5.74) is 0.447. The Morgan fingerprint density at radius 2 is 2.15 bits per heavy atom. The molecule has 2 aromatic heterocycles. The molecule has 0 saturated heterocycles. The molecule has 0 spiro atoms. The predicted molar refractivity (Wildman–Crippen MR) is 75.8 cm³/mol. The second kappa shape index (κ2) is 5.70. The highest BCUT2D eigenvalue weighted by atomic mass is 32.2. The van der Waals surface area contributed by atoms with Crippen molar-refractivity contribution in [1.82, 2.24) is 10.3 Å². The van der Waals surface area contributed by atoms with Gasteiger partial charge in [-0.1, -0.05) is 0 Å². The van der Waals surface area contributed by atoms with E-state index < -0.39 is 10.0 Å². The van der Waals surface area contributed by atoms with Gasteiger partial charge in [-0.05, 0) is 31.2 Å². The van der Waals surface area contributed by atoms with Gasteiger partial charge in [0.15, 0.2) is 0 Å². The monoisotopic (exact) mass is 311 g/mol. The van der Waals surface area contributed by atoms with Gasteiger partial charge in [-0.25, -0.2) is 13.6 Å². The molecular formula is C12H13N3O3S2. The SMILES string of the molecule is CC(NC(=O)c1cccnc1)c1ccc(S(N)(=O)=O)s1. The highest BCUT2D eigenvalue weighted by Crippen LogP contribution is 2.25. The fourth-order valence-electron chi connectivity index (χ4n) is 1.57. The summed E-state index contributed by atoms with van der Waals surface area (Å²) in [5, 5.41) is 7.82. The normalized spacial score (nSPS) is 12.9. The molecule has 2 heterocycles. The van der Waals surface area contributed by atoms with Crippen LogP contribution in [0.5, 0.6) is 0 Å². The fourth-order valence-corrected chi connectivity index (χ4v) is 3.32. The second-order valence-electron chi connectivity index (χ2n) is 4.14. The number of thiophene rings is 1. The lowest BCUT2D eigenvalue weighted by Gasteiger charge is -2.11. The van der Waals surface area contributed by atoms with Crippen molar-refractivity contribution in [3.05, 3.63) is 47.1 Å². The van der Waals surface area contributed by atoms with Gasteiger partial charge in [0.05, 0.1) is 11.6 Å². The highest BCUT2D eigenvalue weighted by molar-refractivity contribution is 7.91. The number of primary sulfonamides is 1. The van der Waals surface area contributed by atoms with E-state index in [1.54, 1.807) is 31.3 Å². The average Bonchev–Trinajstić information content (AvgIpc) is 2.89. The van der Waals surface area contributed by atoms with Crippen molar-refractivity contribution < 1.29 is 13.2 Å². The molecule has 0 bridgehead atoms. The Morgan fingerprint density at radius 1 is 1.40 bits per heavy atom. The Hall–Kier alpha value is -1.77. The Labute approximate surface area is 120 Å². The molecule has 0 radical (unpaired) electrons. The van der Waals surface area contributed by atoms with Crippen LogP contribution in [0, 0.1) is 0 Å². The van der Waals surface area contributed by atoms with Crippen LogP contribution in [0.4, 0.5) is 0 Å². The standard InChI is InChI=1S/C12H13N3O3S2/c1-8(10-4-5-11(19-10)20(13,17)18)15-12(16)9-3-2-6-14-7-9/h2-8H,1H3,(H,15,16)(H2,13,17,18). The number of aromatic nitrogens is 1. The number of hydrogen-bond acceptors (Lipinski definition) is 5. The molecule has 106 valence electrons. The van der Waals surface area contributed by atoms with Crippen molar-refractivity contribution in [2.45, 2.75) is 17.2 Å². The minimum atomic E-state index is -3.70. The number of rotatable bonds is 4. The summed E-state index contributed by atoms with van der Waals surface area (Å²) < 4.78 is 22.5. The maximum atomic E-state index is 11.9. The van der Waals surface area contributed by atoms with E-state index >= 15 is 0 Å². The molecular weight excluding hydrogens is 298 g/mol. The van der Waals surface area contributed by atoms with Gasteiger partial charge in [-0.2, -0.15) is 0 Å². The van der Waals surface area contributed by atoms with E-state index in [2.05, 4.69) is 10.3 Å². The third-order valence-electron chi connectivity index (χ3n) is 2.58. The molecule has 0 aliphatic rings. The second-order valence-corrected chi connectivity index (χ2v) is 7.04. The van der Waals surface area contributed by atoms with Gasteiger partial charge in [0.25, 0.3) is 5.91 Å². The highest BCUT2D eigenvalue weighted by Gasteiger charge is 2.16. The molecule has 0 saturated carbocycles. The first kappa shape index (κ1) is 14.6. The van der Waals surface area contributed by atoms with Crippen molar-refractivity contribution in [1.29, 1.82) is 0 Å². The molecule has 0 fully saturated rings. The van der Waals surface area contributed by atoms with Crippen molar-refractivity contribution in [2.75, 3.05) is 0 Å². The van der Waals surface area contributed by atoms with Crippen LogP contribution in [0.3, 0.4) is 0 Å². The zero-order chi connectivity index (χ0) is 14.8. The minimum Gasteiger partial charge on any atom is -0.345 e. The summed E-state index contributed by atoms with van der Waals surface area (Å²) in [7, 11) is -3.70. The summed E-state index contributed by atoms with van der Waals surface area (Å²) in [6.07, 6.45) is 3.05. The predicted octanol–water partition coefficient (Wildman–Crippen LogP) is 1.28. The topological polar surface area (TPSA) is 102 Å². The molecule has 0 aliphatic carbocycles. The zero-order valence-electron chi connectivity index (χ0n) is 10.6. The van der Waals surface area contributed by atoms with Gasteiger partial charge in [-0.15, -0.1) is 11.3 Å². The van der Waals surface area contributed by atoms with Crippen molar-refractivity contribution >= 4 is 27.3 Å². The first-order chi connectivity index (χ1) is 9.38. The van der Waals surface area contributed by atoms with Crippen LogP contribution in [0.15, 0.2) is 40.9 Å². The van der Waals surface area contributed by atoms with E-state index in [0.717, 1.165) is 11.3 Å². The Kier molecular flexibility index (Phi) is 4.17. The van der Waals surface area contributed by atoms with Crippen LogP contribution in [0.25, 0.3) is 0 Å². The minimum absolute atomic E-state index is 0.0787. The van der Waals surface area contributed by atoms with Crippen molar-refractivity contribution in [3.63, 3.8) is 0 Å². The van der Waals surface area contributed by atoms with Gasteiger partial charge in [0.2, 0.25) is 10.0 Å². The van der Waals surface area contributed by atoms with E-state index in [4.69, 9.17) is 5.14 Å². The van der Waals surface area contributed by atoms with Gasteiger partial charge in [0.1, 0.15) is 4.21 Å². The van der Waals surface area contributed by atoms with Crippen molar-refractivity contribution in [2.24, 2.45) is 5.14 Å². The molecule has 3 N–H and O–H groups in total. The van der Waals surface area contributed by atoms with Gasteiger partial charge >= 0.3 is 0 Å². The van der Waals surface area contributed by atoms with E-state index in [1.807, 2.05) is 0 Å². The molecule has 1 amide bonds. The van der Waals surface area contributed by atoms with E-state index in [9.17, 15) is 13.2 Å². The number of nitrogens with zero attached hydrogens (tertiary/aromatic N) is 1. The summed E-state index contributed by atoms with van der Waals surface area (Å²) in [5.74, 6) is -0.267. The lowest BCUT2D eigenvalue weighted by Crippen LogP contribution is -2.26. The summed E-state index contributed by atoms with van der Waals surface area (Å²) >= 11 is 1.04. The molecule has 1 atom stereocenters. The largest absolute Gasteiger partial charge is 0.345 e. The zero-order valence-corrected chi connectivity index (χ0v) is 12.2.